The van der Waals surface area contributed by atoms with Gasteiger partial charge in [0, 0.05) is 11.1 Å². The normalized spacial score (nSPS) is 10.2. The van der Waals surface area contributed by atoms with E-state index in [0.29, 0.717) is 10.8 Å². The maximum atomic E-state index is 10.9. The Labute approximate surface area is 119 Å². The third kappa shape index (κ3) is 3.87. The smallest absolute Gasteiger partial charge is 0.313 e. The average Bonchev–Trinajstić information content (AvgIpc) is 2.41. The first-order valence-electron chi connectivity index (χ1n) is 5.44. The van der Waals surface area contributed by atoms with Crippen molar-refractivity contribution in [2.24, 2.45) is 0 Å². The summed E-state index contributed by atoms with van der Waals surface area (Å²) in [5, 5.41) is 11.2. The van der Waals surface area contributed by atoms with Gasteiger partial charge in [-0.25, -0.2) is 0 Å². The van der Waals surface area contributed by atoms with Crippen molar-refractivity contribution in [3.8, 4) is 5.75 Å². The monoisotopic (exact) mass is 295 g/mol. The first-order valence-corrected chi connectivity index (χ1v) is 6.73. The zero-order chi connectivity index (χ0) is 13.7. The van der Waals surface area contributed by atoms with E-state index < -0.39 is 4.92 Å². The van der Waals surface area contributed by atoms with Crippen molar-refractivity contribution in [1.82, 2.24) is 0 Å². The molecule has 0 N–H and O–H groups in total. The van der Waals surface area contributed by atoms with E-state index >= 15 is 0 Å². The molecular formula is C13H10ClNO3S. The van der Waals surface area contributed by atoms with E-state index in [1.165, 1.54) is 12.1 Å². The molecule has 0 saturated carbocycles. The first kappa shape index (κ1) is 13.7. The van der Waals surface area contributed by atoms with E-state index in [-0.39, 0.29) is 11.4 Å². The number of benzene rings is 2. The van der Waals surface area contributed by atoms with E-state index in [9.17, 15) is 10.1 Å². The summed E-state index contributed by atoms with van der Waals surface area (Å²) in [5.74, 6) is 0.816. The minimum atomic E-state index is -0.510. The van der Waals surface area contributed by atoms with Gasteiger partial charge in [-0.1, -0.05) is 41.9 Å². The number of hydrogen-bond acceptors (Lipinski definition) is 4. The second-order valence-corrected chi connectivity index (χ2v) is 4.83. The van der Waals surface area contributed by atoms with Crippen molar-refractivity contribution in [2.45, 2.75) is 5.75 Å². The van der Waals surface area contributed by atoms with Crippen molar-refractivity contribution in [2.75, 3.05) is 0 Å². The Balaban J connectivity index is 2.02. The largest absolute Gasteiger partial charge is 0.418 e. The van der Waals surface area contributed by atoms with E-state index in [1.54, 1.807) is 6.07 Å². The van der Waals surface area contributed by atoms with Crippen molar-refractivity contribution >= 4 is 29.3 Å². The number of rotatable bonds is 5. The average molecular weight is 296 g/mol. The molecule has 0 amide bonds. The Bertz CT molecular complexity index is 577. The SMILES string of the molecule is O=[N+]([O-])c1cc(Cl)ccc1OSCc1ccccc1. The van der Waals surface area contributed by atoms with Gasteiger partial charge in [0.25, 0.3) is 0 Å². The van der Waals surface area contributed by atoms with Gasteiger partial charge in [0.15, 0.2) is 0 Å². The molecule has 0 spiro atoms. The van der Waals surface area contributed by atoms with Crippen LogP contribution in [0.3, 0.4) is 0 Å². The van der Waals surface area contributed by atoms with Gasteiger partial charge >= 0.3 is 5.69 Å². The second kappa shape index (κ2) is 6.45. The highest BCUT2D eigenvalue weighted by atomic mass is 35.5. The topological polar surface area (TPSA) is 52.4 Å². The van der Waals surface area contributed by atoms with E-state index in [1.807, 2.05) is 30.3 Å². The standard InChI is InChI=1S/C13H10ClNO3S/c14-11-6-7-13(12(8-11)15(16)17)18-19-9-10-4-2-1-3-5-10/h1-8H,9H2. The molecule has 0 bridgehead atoms. The van der Waals surface area contributed by atoms with Crippen LogP contribution in [0.4, 0.5) is 5.69 Å². The van der Waals surface area contributed by atoms with Crippen LogP contribution in [-0.4, -0.2) is 4.92 Å². The lowest BCUT2D eigenvalue weighted by molar-refractivity contribution is -0.385. The second-order valence-electron chi connectivity index (χ2n) is 3.70. The fraction of sp³-hybridized carbons (Fsp3) is 0.0769. The Morgan fingerprint density at radius 2 is 1.95 bits per heavy atom. The fourth-order valence-corrected chi connectivity index (χ4v) is 2.26. The van der Waals surface area contributed by atoms with Gasteiger partial charge in [-0.15, -0.1) is 0 Å². The molecule has 0 saturated heterocycles. The molecule has 2 aromatic rings. The van der Waals surface area contributed by atoms with Gasteiger partial charge in [-0.05, 0) is 17.7 Å². The molecule has 0 aliphatic carbocycles. The summed E-state index contributed by atoms with van der Waals surface area (Å²) in [5.41, 5.74) is 0.956. The van der Waals surface area contributed by atoms with E-state index in [0.717, 1.165) is 17.6 Å². The molecule has 0 fully saturated rings. The molecule has 4 nitrogen and oxygen atoms in total. The predicted molar refractivity (Wildman–Crippen MR) is 76.5 cm³/mol. The Morgan fingerprint density at radius 1 is 1.21 bits per heavy atom. The molecular weight excluding hydrogens is 286 g/mol. The number of hydrogen-bond donors (Lipinski definition) is 0. The zero-order valence-electron chi connectivity index (χ0n) is 9.78. The molecule has 6 heteroatoms. The molecule has 0 heterocycles. The molecule has 0 unspecified atom stereocenters. The highest BCUT2D eigenvalue weighted by molar-refractivity contribution is 7.94. The summed E-state index contributed by atoms with van der Waals surface area (Å²) in [7, 11) is 0. The van der Waals surface area contributed by atoms with Gasteiger partial charge in [0.2, 0.25) is 5.75 Å². The lowest BCUT2D eigenvalue weighted by Gasteiger charge is -2.05. The van der Waals surface area contributed by atoms with E-state index in [4.69, 9.17) is 15.8 Å². The summed E-state index contributed by atoms with van der Waals surface area (Å²) < 4.78 is 5.37. The molecule has 0 aliphatic heterocycles. The van der Waals surface area contributed by atoms with Crippen LogP contribution in [0, 0.1) is 10.1 Å². The molecule has 2 aromatic carbocycles. The summed E-state index contributed by atoms with van der Waals surface area (Å²) in [6.45, 7) is 0. The van der Waals surface area contributed by atoms with Crippen molar-refractivity contribution in [3.05, 3.63) is 69.2 Å². The summed E-state index contributed by atoms with van der Waals surface area (Å²) in [6, 6.07) is 14.1. The van der Waals surface area contributed by atoms with Crippen LogP contribution in [0.2, 0.25) is 5.02 Å². The van der Waals surface area contributed by atoms with Crippen molar-refractivity contribution < 1.29 is 9.11 Å². The Morgan fingerprint density at radius 3 is 2.63 bits per heavy atom. The zero-order valence-corrected chi connectivity index (χ0v) is 11.4. The molecule has 2 rings (SSSR count). The minimum Gasteiger partial charge on any atom is -0.418 e. The van der Waals surface area contributed by atoms with Crippen LogP contribution in [-0.2, 0) is 5.75 Å². The summed E-state index contributed by atoms with van der Waals surface area (Å²) in [4.78, 5) is 10.4. The molecule has 0 radical (unpaired) electrons. The highest BCUT2D eigenvalue weighted by Crippen LogP contribution is 2.32. The fourth-order valence-electron chi connectivity index (χ4n) is 1.44. The van der Waals surface area contributed by atoms with Gasteiger partial charge in [-0.2, -0.15) is 0 Å². The van der Waals surface area contributed by atoms with Crippen LogP contribution in [0.5, 0.6) is 5.75 Å². The van der Waals surface area contributed by atoms with Crippen molar-refractivity contribution in [3.63, 3.8) is 0 Å². The third-order valence-corrected chi connectivity index (χ3v) is 3.32. The quantitative estimate of drug-likeness (QED) is 0.464. The number of nitro groups is 1. The maximum absolute atomic E-state index is 10.9. The Kier molecular flexibility index (Phi) is 4.65. The molecule has 19 heavy (non-hydrogen) atoms. The van der Waals surface area contributed by atoms with Gasteiger partial charge in [0.05, 0.1) is 22.7 Å². The lowest BCUT2D eigenvalue weighted by atomic mass is 10.2. The van der Waals surface area contributed by atoms with Crippen LogP contribution >= 0.6 is 23.6 Å². The molecule has 98 valence electrons. The van der Waals surface area contributed by atoms with Gasteiger partial charge < -0.3 is 4.18 Å². The molecule has 0 atom stereocenters. The van der Waals surface area contributed by atoms with Gasteiger partial charge in [0.1, 0.15) is 0 Å². The van der Waals surface area contributed by atoms with Crippen LogP contribution < -0.4 is 4.18 Å². The summed E-state index contributed by atoms with van der Waals surface area (Å²) in [6.07, 6.45) is 0. The lowest BCUT2D eigenvalue weighted by Crippen LogP contribution is -1.93. The highest BCUT2D eigenvalue weighted by Gasteiger charge is 2.16. The predicted octanol–water partition coefficient (Wildman–Crippen LogP) is 4.48. The van der Waals surface area contributed by atoms with Crippen LogP contribution in [0.1, 0.15) is 5.56 Å². The molecule has 0 aliphatic rings. The Hall–Kier alpha value is -1.72. The van der Waals surface area contributed by atoms with Gasteiger partial charge in [-0.3, -0.25) is 10.1 Å². The first-order chi connectivity index (χ1) is 9.16. The van der Waals surface area contributed by atoms with Crippen LogP contribution in [0.25, 0.3) is 0 Å². The molecule has 0 aromatic heterocycles. The maximum Gasteiger partial charge on any atom is 0.313 e. The van der Waals surface area contributed by atoms with Crippen LogP contribution in [0.15, 0.2) is 48.5 Å². The number of halogens is 1. The number of nitrogens with zero attached hydrogens (tertiary/aromatic N) is 1. The number of nitro benzene ring substituents is 1. The summed E-state index contributed by atoms with van der Waals surface area (Å²) >= 11 is 6.87. The third-order valence-electron chi connectivity index (χ3n) is 2.33. The van der Waals surface area contributed by atoms with E-state index in [2.05, 4.69) is 0 Å². The van der Waals surface area contributed by atoms with Crippen molar-refractivity contribution in [1.29, 1.82) is 0 Å². The minimum absolute atomic E-state index is 0.131.